The Labute approximate surface area is 119 Å². The van der Waals surface area contributed by atoms with E-state index >= 15 is 0 Å². The molecule has 0 fully saturated rings. The van der Waals surface area contributed by atoms with Gasteiger partial charge in [-0.25, -0.2) is 4.39 Å². The molecule has 0 radical (unpaired) electrons. The van der Waals surface area contributed by atoms with Gasteiger partial charge in [-0.05, 0) is 31.3 Å². The Hall–Kier alpha value is -1.66. The fourth-order valence-electron chi connectivity index (χ4n) is 2.02. The summed E-state index contributed by atoms with van der Waals surface area (Å²) < 4.78 is 14.0. The van der Waals surface area contributed by atoms with Gasteiger partial charge in [-0.1, -0.05) is 17.7 Å². The standard InChI is InChI=1S/C12H11ClFN3OS/c1-5-8(11(15)18)10(17-12(19)16-5)9-6(13)3-2-4-7(9)14/h2-4,10H,1H3,(H2,15,18)(H2,16,17,19). The lowest BCUT2D eigenvalue weighted by Gasteiger charge is -2.30. The van der Waals surface area contributed by atoms with E-state index in [9.17, 15) is 9.18 Å². The Morgan fingerprint density at radius 2 is 2.21 bits per heavy atom. The van der Waals surface area contributed by atoms with Gasteiger partial charge in [0.25, 0.3) is 0 Å². The minimum Gasteiger partial charge on any atom is -0.366 e. The Balaban J connectivity index is 2.62. The molecule has 1 aromatic rings. The fraction of sp³-hybridized carbons (Fsp3) is 0.167. The maximum absolute atomic E-state index is 14.0. The van der Waals surface area contributed by atoms with Crippen LogP contribution in [0.4, 0.5) is 4.39 Å². The van der Waals surface area contributed by atoms with Gasteiger partial charge < -0.3 is 16.4 Å². The molecule has 0 aromatic heterocycles. The second kappa shape index (κ2) is 5.14. The van der Waals surface area contributed by atoms with Crippen LogP contribution in [0.1, 0.15) is 18.5 Å². The van der Waals surface area contributed by atoms with Crippen LogP contribution >= 0.6 is 23.8 Å². The summed E-state index contributed by atoms with van der Waals surface area (Å²) in [5.74, 6) is -1.19. The molecule has 100 valence electrons. The number of hydrogen-bond acceptors (Lipinski definition) is 2. The molecule has 0 bridgehead atoms. The lowest BCUT2D eigenvalue weighted by atomic mass is 9.95. The summed E-state index contributed by atoms with van der Waals surface area (Å²) in [6.45, 7) is 1.65. The molecule has 4 N–H and O–H groups in total. The van der Waals surface area contributed by atoms with Crippen LogP contribution in [0.3, 0.4) is 0 Å². The van der Waals surface area contributed by atoms with E-state index in [0.29, 0.717) is 5.70 Å². The first kappa shape index (κ1) is 13.8. The van der Waals surface area contributed by atoms with Crippen molar-refractivity contribution < 1.29 is 9.18 Å². The molecule has 0 saturated carbocycles. The number of carbonyl (C=O) groups is 1. The average molecular weight is 300 g/mol. The molecule has 1 aromatic carbocycles. The quantitative estimate of drug-likeness (QED) is 0.728. The fourth-order valence-corrected chi connectivity index (χ4v) is 2.57. The number of hydrogen-bond donors (Lipinski definition) is 3. The second-order valence-electron chi connectivity index (χ2n) is 4.07. The van der Waals surface area contributed by atoms with Crippen molar-refractivity contribution in [3.05, 3.63) is 45.9 Å². The Morgan fingerprint density at radius 3 is 2.79 bits per heavy atom. The highest BCUT2D eigenvalue weighted by atomic mass is 35.5. The SMILES string of the molecule is CC1=C(C(N)=O)C(c2c(F)cccc2Cl)NC(=S)N1. The predicted molar refractivity (Wildman–Crippen MR) is 74.9 cm³/mol. The second-order valence-corrected chi connectivity index (χ2v) is 4.89. The first-order valence-electron chi connectivity index (χ1n) is 5.43. The van der Waals surface area contributed by atoms with Crippen LogP contribution in [-0.4, -0.2) is 11.0 Å². The summed E-state index contributed by atoms with van der Waals surface area (Å²) in [4.78, 5) is 11.6. The molecule has 1 unspecified atom stereocenters. The van der Waals surface area contributed by atoms with E-state index < -0.39 is 17.8 Å². The van der Waals surface area contributed by atoms with Crippen molar-refractivity contribution in [2.45, 2.75) is 13.0 Å². The number of nitrogens with one attached hydrogen (secondary N) is 2. The highest BCUT2D eigenvalue weighted by Gasteiger charge is 2.31. The summed E-state index contributed by atoms with van der Waals surface area (Å²) in [5.41, 5.74) is 6.19. The van der Waals surface area contributed by atoms with Gasteiger partial charge >= 0.3 is 0 Å². The molecule has 4 nitrogen and oxygen atoms in total. The monoisotopic (exact) mass is 299 g/mol. The Morgan fingerprint density at radius 1 is 1.53 bits per heavy atom. The molecule has 1 amide bonds. The first-order chi connectivity index (χ1) is 8.91. The lowest BCUT2D eigenvalue weighted by Crippen LogP contribution is -2.46. The lowest BCUT2D eigenvalue weighted by molar-refractivity contribution is -0.115. The molecule has 0 aliphatic carbocycles. The molecular formula is C12H11ClFN3OS. The smallest absolute Gasteiger partial charge is 0.248 e. The van der Waals surface area contributed by atoms with Crippen LogP contribution in [0, 0.1) is 5.82 Å². The van der Waals surface area contributed by atoms with Crippen LogP contribution in [-0.2, 0) is 4.79 Å². The number of allylic oxidation sites excluding steroid dienone is 1. The number of halogens is 2. The normalized spacial score (nSPS) is 18.9. The zero-order chi connectivity index (χ0) is 14.2. The highest BCUT2D eigenvalue weighted by Crippen LogP contribution is 2.33. The van der Waals surface area contributed by atoms with Gasteiger partial charge in [-0.15, -0.1) is 0 Å². The van der Waals surface area contributed by atoms with Gasteiger partial charge in [0, 0.05) is 16.3 Å². The third-order valence-electron chi connectivity index (χ3n) is 2.82. The van der Waals surface area contributed by atoms with Crippen LogP contribution < -0.4 is 16.4 Å². The van der Waals surface area contributed by atoms with E-state index in [4.69, 9.17) is 29.6 Å². The van der Waals surface area contributed by atoms with Crippen LogP contribution in [0.15, 0.2) is 29.5 Å². The van der Waals surface area contributed by atoms with E-state index in [1.54, 1.807) is 13.0 Å². The van der Waals surface area contributed by atoms with E-state index in [-0.39, 0.29) is 21.3 Å². The van der Waals surface area contributed by atoms with E-state index in [1.807, 2.05) is 0 Å². The van der Waals surface area contributed by atoms with Crippen molar-refractivity contribution >= 4 is 34.8 Å². The summed E-state index contributed by atoms with van der Waals surface area (Å²) in [5, 5.41) is 6.08. The Bertz CT molecular complexity index is 582. The van der Waals surface area contributed by atoms with Gasteiger partial charge in [-0.2, -0.15) is 0 Å². The van der Waals surface area contributed by atoms with Crippen LogP contribution in [0.2, 0.25) is 5.02 Å². The molecule has 1 atom stereocenters. The summed E-state index contributed by atoms with van der Waals surface area (Å²) in [7, 11) is 0. The topological polar surface area (TPSA) is 67.2 Å². The number of carbonyl (C=O) groups excluding carboxylic acids is 1. The number of primary amides is 1. The van der Waals surface area contributed by atoms with Gasteiger partial charge in [0.15, 0.2) is 5.11 Å². The van der Waals surface area contributed by atoms with Crippen molar-refractivity contribution in [3.63, 3.8) is 0 Å². The third kappa shape index (κ3) is 2.54. The molecule has 0 spiro atoms. The van der Waals surface area contributed by atoms with Gasteiger partial charge in [0.05, 0.1) is 11.6 Å². The van der Waals surface area contributed by atoms with Crippen molar-refractivity contribution in [2.75, 3.05) is 0 Å². The third-order valence-corrected chi connectivity index (χ3v) is 3.37. The molecule has 1 aliphatic rings. The minimum atomic E-state index is -0.792. The summed E-state index contributed by atoms with van der Waals surface area (Å²) in [6.07, 6.45) is 0. The average Bonchev–Trinajstić information content (AvgIpc) is 2.26. The number of nitrogens with two attached hydrogens (primary N) is 1. The zero-order valence-corrected chi connectivity index (χ0v) is 11.5. The molecule has 7 heteroatoms. The van der Waals surface area contributed by atoms with Gasteiger partial charge in [0.1, 0.15) is 5.82 Å². The van der Waals surface area contributed by atoms with E-state index in [2.05, 4.69) is 10.6 Å². The Kier molecular flexibility index (Phi) is 3.73. The maximum atomic E-state index is 14.0. The predicted octanol–water partition coefficient (Wildman–Crippen LogP) is 1.76. The van der Waals surface area contributed by atoms with E-state index in [0.717, 1.165) is 0 Å². The number of amides is 1. The first-order valence-corrected chi connectivity index (χ1v) is 6.22. The maximum Gasteiger partial charge on any atom is 0.248 e. The number of benzene rings is 1. The zero-order valence-electron chi connectivity index (χ0n) is 9.96. The molecule has 2 rings (SSSR count). The van der Waals surface area contributed by atoms with Gasteiger partial charge in [-0.3, -0.25) is 4.79 Å². The van der Waals surface area contributed by atoms with Gasteiger partial charge in [0.2, 0.25) is 5.91 Å². The van der Waals surface area contributed by atoms with Crippen molar-refractivity contribution in [1.29, 1.82) is 0 Å². The minimum absolute atomic E-state index is 0.154. The molecular weight excluding hydrogens is 289 g/mol. The molecule has 19 heavy (non-hydrogen) atoms. The van der Waals surface area contributed by atoms with Crippen molar-refractivity contribution in [2.24, 2.45) is 5.73 Å². The number of rotatable bonds is 2. The molecule has 1 aliphatic heterocycles. The largest absolute Gasteiger partial charge is 0.366 e. The van der Waals surface area contributed by atoms with Crippen molar-refractivity contribution in [1.82, 2.24) is 10.6 Å². The summed E-state index contributed by atoms with van der Waals surface area (Å²) in [6, 6.07) is 3.50. The van der Waals surface area contributed by atoms with Crippen LogP contribution in [0.5, 0.6) is 0 Å². The van der Waals surface area contributed by atoms with Crippen molar-refractivity contribution in [3.8, 4) is 0 Å². The number of thiocarbonyl (C=S) groups is 1. The van der Waals surface area contributed by atoms with Crippen LogP contribution in [0.25, 0.3) is 0 Å². The molecule has 1 heterocycles. The summed E-state index contributed by atoms with van der Waals surface area (Å²) >= 11 is 11.0. The molecule has 0 saturated heterocycles. The van der Waals surface area contributed by atoms with E-state index in [1.165, 1.54) is 12.1 Å². The highest BCUT2D eigenvalue weighted by molar-refractivity contribution is 7.80.